The molecule has 0 radical (unpaired) electrons. The minimum absolute atomic E-state index is 0.128. The predicted octanol–water partition coefficient (Wildman–Crippen LogP) is 0.699. The third kappa shape index (κ3) is 5.68. The van der Waals surface area contributed by atoms with Crippen LogP contribution in [0, 0.1) is 5.92 Å². The van der Waals surface area contributed by atoms with Crippen LogP contribution in [-0.2, 0) is 9.59 Å². The van der Waals surface area contributed by atoms with E-state index in [0.29, 0.717) is 25.3 Å². The highest BCUT2D eigenvalue weighted by Crippen LogP contribution is 2.15. The van der Waals surface area contributed by atoms with Crippen molar-refractivity contribution >= 4 is 11.9 Å². The quantitative estimate of drug-likeness (QED) is 0.719. The van der Waals surface area contributed by atoms with Crippen molar-refractivity contribution in [3.05, 3.63) is 0 Å². The van der Waals surface area contributed by atoms with E-state index in [2.05, 4.69) is 5.32 Å². The second-order valence-corrected chi connectivity index (χ2v) is 4.73. The molecule has 1 aliphatic rings. The maximum atomic E-state index is 11.8. The van der Waals surface area contributed by atoms with Crippen LogP contribution in [0.1, 0.15) is 32.1 Å². The fraction of sp³-hybridized carbons (Fsp3) is 0.833. The first kappa shape index (κ1) is 14.0. The molecular weight excluding hydrogens is 220 g/mol. The lowest BCUT2D eigenvalue weighted by atomic mass is 9.95. The largest absolute Gasteiger partial charge is 0.481 e. The summed E-state index contributed by atoms with van der Waals surface area (Å²) in [5.74, 6) is -0.232. The van der Waals surface area contributed by atoms with Crippen LogP contribution in [0.5, 0.6) is 0 Å². The van der Waals surface area contributed by atoms with Crippen molar-refractivity contribution < 1.29 is 14.7 Å². The second kappa shape index (κ2) is 7.27. The van der Waals surface area contributed by atoms with E-state index in [1.807, 2.05) is 0 Å². The Morgan fingerprint density at radius 2 is 2.24 bits per heavy atom. The van der Waals surface area contributed by atoms with Crippen LogP contribution in [0.3, 0.4) is 0 Å². The number of carboxylic acids is 1. The minimum Gasteiger partial charge on any atom is -0.481 e. The Balaban J connectivity index is 2.18. The minimum atomic E-state index is -0.803. The highest BCUT2D eigenvalue weighted by atomic mass is 16.4. The van der Waals surface area contributed by atoms with E-state index in [0.717, 1.165) is 25.9 Å². The molecule has 5 heteroatoms. The Morgan fingerprint density at radius 1 is 1.47 bits per heavy atom. The Kier molecular flexibility index (Phi) is 5.97. The van der Waals surface area contributed by atoms with Crippen molar-refractivity contribution in [2.75, 3.05) is 26.7 Å². The van der Waals surface area contributed by atoms with Crippen LogP contribution in [0.2, 0.25) is 0 Å². The molecule has 0 spiro atoms. The van der Waals surface area contributed by atoms with Crippen molar-refractivity contribution in [2.45, 2.75) is 32.1 Å². The van der Waals surface area contributed by atoms with E-state index in [4.69, 9.17) is 5.11 Å². The number of nitrogens with one attached hydrogen (secondary N) is 1. The zero-order valence-corrected chi connectivity index (χ0v) is 10.4. The first-order valence-corrected chi connectivity index (χ1v) is 6.26. The molecule has 1 atom stereocenters. The van der Waals surface area contributed by atoms with E-state index in [1.165, 1.54) is 0 Å². The number of nitrogens with zero attached hydrogens (tertiary/aromatic N) is 1. The summed E-state index contributed by atoms with van der Waals surface area (Å²) in [7, 11) is 1.75. The molecule has 0 bridgehead atoms. The normalized spacial score (nSPS) is 19.9. The molecule has 1 saturated heterocycles. The van der Waals surface area contributed by atoms with E-state index < -0.39 is 5.97 Å². The SMILES string of the molecule is CN(CCCC(=O)O)C(=O)CC1CCCNC1. The molecule has 1 fully saturated rings. The van der Waals surface area contributed by atoms with Crippen LogP contribution < -0.4 is 5.32 Å². The Labute approximate surface area is 102 Å². The van der Waals surface area contributed by atoms with Gasteiger partial charge in [-0.3, -0.25) is 9.59 Å². The lowest BCUT2D eigenvalue weighted by Crippen LogP contribution is -2.35. The first-order valence-electron chi connectivity index (χ1n) is 6.26. The predicted molar refractivity (Wildman–Crippen MR) is 64.7 cm³/mol. The number of carboxylic acid groups (broad SMARTS) is 1. The van der Waals surface area contributed by atoms with Gasteiger partial charge in [0.05, 0.1) is 0 Å². The highest BCUT2D eigenvalue weighted by molar-refractivity contribution is 5.76. The zero-order chi connectivity index (χ0) is 12.7. The van der Waals surface area contributed by atoms with Gasteiger partial charge >= 0.3 is 5.97 Å². The zero-order valence-electron chi connectivity index (χ0n) is 10.4. The molecule has 0 aliphatic carbocycles. The third-order valence-corrected chi connectivity index (χ3v) is 3.17. The summed E-state index contributed by atoms with van der Waals surface area (Å²) in [6, 6.07) is 0. The molecule has 0 saturated carbocycles. The van der Waals surface area contributed by atoms with E-state index in [1.54, 1.807) is 11.9 Å². The van der Waals surface area contributed by atoms with Gasteiger partial charge in [0, 0.05) is 26.4 Å². The molecule has 1 heterocycles. The Bertz CT molecular complexity index is 262. The summed E-state index contributed by atoms with van der Waals surface area (Å²) in [6.45, 7) is 2.51. The van der Waals surface area contributed by atoms with E-state index in [9.17, 15) is 9.59 Å². The highest BCUT2D eigenvalue weighted by Gasteiger charge is 2.18. The number of hydrogen-bond acceptors (Lipinski definition) is 3. The fourth-order valence-corrected chi connectivity index (χ4v) is 2.09. The fourth-order valence-electron chi connectivity index (χ4n) is 2.09. The van der Waals surface area contributed by atoms with Crippen molar-refractivity contribution in [3.63, 3.8) is 0 Å². The molecule has 17 heavy (non-hydrogen) atoms. The summed E-state index contributed by atoms with van der Waals surface area (Å²) in [6.07, 6.45) is 3.49. The van der Waals surface area contributed by atoms with Gasteiger partial charge in [0.1, 0.15) is 0 Å². The van der Waals surface area contributed by atoms with Gasteiger partial charge in [0.25, 0.3) is 0 Å². The average Bonchev–Trinajstić information content (AvgIpc) is 2.29. The molecule has 0 aromatic heterocycles. The van der Waals surface area contributed by atoms with E-state index in [-0.39, 0.29) is 12.3 Å². The smallest absolute Gasteiger partial charge is 0.303 e. The van der Waals surface area contributed by atoms with Crippen molar-refractivity contribution in [2.24, 2.45) is 5.92 Å². The number of aliphatic carboxylic acids is 1. The summed E-state index contributed by atoms with van der Waals surface area (Å²) in [5.41, 5.74) is 0. The van der Waals surface area contributed by atoms with Crippen LogP contribution in [0.15, 0.2) is 0 Å². The van der Waals surface area contributed by atoms with Crippen LogP contribution in [0.4, 0.5) is 0 Å². The third-order valence-electron chi connectivity index (χ3n) is 3.17. The monoisotopic (exact) mass is 242 g/mol. The number of piperidine rings is 1. The van der Waals surface area contributed by atoms with Crippen LogP contribution in [0.25, 0.3) is 0 Å². The van der Waals surface area contributed by atoms with Gasteiger partial charge in [-0.15, -0.1) is 0 Å². The van der Waals surface area contributed by atoms with Crippen molar-refractivity contribution in [1.82, 2.24) is 10.2 Å². The topological polar surface area (TPSA) is 69.6 Å². The van der Waals surface area contributed by atoms with Gasteiger partial charge in [-0.25, -0.2) is 0 Å². The molecule has 1 unspecified atom stereocenters. The summed E-state index contributed by atoms with van der Waals surface area (Å²) in [5, 5.41) is 11.8. The van der Waals surface area contributed by atoms with Gasteiger partial charge in [-0.2, -0.15) is 0 Å². The summed E-state index contributed by atoms with van der Waals surface area (Å²) < 4.78 is 0. The molecule has 5 nitrogen and oxygen atoms in total. The summed E-state index contributed by atoms with van der Waals surface area (Å²) >= 11 is 0. The summed E-state index contributed by atoms with van der Waals surface area (Å²) in [4.78, 5) is 23.8. The number of amides is 1. The lowest BCUT2D eigenvalue weighted by Gasteiger charge is -2.24. The standard InChI is InChI=1S/C12H22N2O3/c1-14(7-3-5-12(16)17)11(15)8-10-4-2-6-13-9-10/h10,13H,2-9H2,1H3,(H,16,17). The van der Waals surface area contributed by atoms with Gasteiger partial charge < -0.3 is 15.3 Å². The molecule has 2 N–H and O–H groups in total. The molecule has 0 aromatic carbocycles. The molecule has 98 valence electrons. The number of hydrogen-bond donors (Lipinski definition) is 2. The van der Waals surface area contributed by atoms with Crippen molar-refractivity contribution in [1.29, 1.82) is 0 Å². The van der Waals surface area contributed by atoms with Crippen molar-refractivity contribution in [3.8, 4) is 0 Å². The second-order valence-electron chi connectivity index (χ2n) is 4.73. The van der Waals surface area contributed by atoms with Gasteiger partial charge in [-0.1, -0.05) is 0 Å². The van der Waals surface area contributed by atoms with E-state index >= 15 is 0 Å². The molecule has 0 aromatic rings. The van der Waals surface area contributed by atoms with Gasteiger partial charge in [0.15, 0.2) is 0 Å². The number of carbonyl (C=O) groups excluding carboxylic acids is 1. The van der Waals surface area contributed by atoms with Crippen LogP contribution in [-0.4, -0.2) is 48.6 Å². The molecular formula is C12H22N2O3. The molecule has 1 rings (SSSR count). The van der Waals surface area contributed by atoms with Gasteiger partial charge in [0.2, 0.25) is 5.91 Å². The maximum Gasteiger partial charge on any atom is 0.303 e. The number of carbonyl (C=O) groups is 2. The Hall–Kier alpha value is -1.10. The van der Waals surface area contributed by atoms with Crippen LogP contribution >= 0.6 is 0 Å². The molecule has 1 amide bonds. The van der Waals surface area contributed by atoms with Gasteiger partial charge in [-0.05, 0) is 38.3 Å². The number of rotatable bonds is 6. The Morgan fingerprint density at radius 3 is 2.82 bits per heavy atom. The first-order chi connectivity index (χ1) is 8.09. The average molecular weight is 242 g/mol. The lowest BCUT2D eigenvalue weighted by molar-refractivity contribution is -0.138. The maximum absolute atomic E-state index is 11.8. The molecule has 1 aliphatic heterocycles.